The van der Waals surface area contributed by atoms with Crippen molar-refractivity contribution in [2.24, 2.45) is 0 Å². The topological polar surface area (TPSA) is 109 Å². The molecule has 1 N–H and O–H groups in total. The van der Waals surface area contributed by atoms with E-state index in [2.05, 4.69) is 39.2 Å². The standard InChI is InChI=1S/C25H37NO8Si/c1-17(22(23(28)30-5)26-24(29)31-15-18-11-9-8-10-12-18)33-21-14-13-19(27)20(34-21)16-32-35(6,7)25(2,3)4/h8-14,17,20-22H,15-16H2,1-7H3,(H,26,29)/t17-,20+,21+,22+/m1/s1. The number of esters is 1. The second-order valence-corrected chi connectivity index (χ2v) is 14.7. The molecule has 1 aromatic rings. The number of benzene rings is 1. The number of carbonyl (C=O) groups excluding carboxylic acids is 3. The maximum Gasteiger partial charge on any atom is 0.408 e. The van der Waals surface area contributed by atoms with Gasteiger partial charge < -0.3 is 28.7 Å². The van der Waals surface area contributed by atoms with Crippen molar-refractivity contribution in [1.82, 2.24) is 5.32 Å². The van der Waals surface area contributed by atoms with E-state index in [4.69, 9.17) is 23.4 Å². The second kappa shape index (κ2) is 12.4. The molecule has 0 aromatic heterocycles. The van der Waals surface area contributed by atoms with Crippen molar-refractivity contribution in [3.05, 3.63) is 48.0 Å². The Hall–Kier alpha value is -2.53. The summed E-state index contributed by atoms with van der Waals surface area (Å²) in [5.74, 6) is -0.925. The number of ether oxygens (including phenoxy) is 4. The normalized spacial score (nSPS) is 20.1. The number of alkyl carbamates (subject to hydrolysis) is 1. The Morgan fingerprint density at radius 1 is 1.17 bits per heavy atom. The molecule has 1 amide bonds. The number of hydrogen-bond donors (Lipinski definition) is 1. The van der Waals surface area contributed by atoms with Crippen LogP contribution in [-0.4, -0.2) is 64.4 Å². The number of carbonyl (C=O) groups is 3. The molecule has 0 spiro atoms. The van der Waals surface area contributed by atoms with Crippen molar-refractivity contribution in [3.8, 4) is 0 Å². The molecule has 10 heteroatoms. The van der Waals surface area contributed by atoms with E-state index in [-0.39, 0.29) is 24.0 Å². The van der Waals surface area contributed by atoms with Crippen LogP contribution in [0.25, 0.3) is 0 Å². The number of nitrogens with one attached hydrogen (secondary N) is 1. The molecule has 0 saturated heterocycles. The molecule has 0 fully saturated rings. The van der Waals surface area contributed by atoms with Gasteiger partial charge in [0.25, 0.3) is 0 Å². The highest BCUT2D eigenvalue weighted by atomic mass is 28.4. The predicted molar refractivity (Wildman–Crippen MR) is 132 cm³/mol. The van der Waals surface area contributed by atoms with Gasteiger partial charge in [-0.15, -0.1) is 0 Å². The van der Waals surface area contributed by atoms with Crippen LogP contribution < -0.4 is 5.32 Å². The van der Waals surface area contributed by atoms with Crippen LogP contribution >= 0.6 is 0 Å². The molecule has 0 bridgehead atoms. The first-order valence-corrected chi connectivity index (χ1v) is 14.5. The van der Waals surface area contributed by atoms with Crippen molar-refractivity contribution >= 4 is 26.2 Å². The molecule has 35 heavy (non-hydrogen) atoms. The molecule has 9 nitrogen and oxygen atoms in total. The monoisotopic (exact) mass is 507 g/mol. The summed E-state index contributed by atoms with van der Waals surface area (Å²) in [5, 5.41) is 2.47. The lowest BCUT2D eigenvalue weighted by Gasteiger charge is -2.37. The molecule has 1 aliphatic rings. The quantitative estimate of drug-likeness (QED) is 0.377. The number of hydrogen-bond acceptors (Lipinski definition) is 8. The Kier molecular flexibility index (Phi) is 10.2. The largest absolute Gasteiger partial charge is 0.467 e. The van der Waals surface area contributed by atoms with Gasteiger partial charge in [0.1, 0.15) is 12.7 Å². The van der Waals surface area contributed by atoms with Crippen molar-refractivity contribution in [2.75, 3.05) is 13.7 Å². The fraction of sp³-hybridized carbons (Fsp3) is 0.560. The fourth-order valence-corrected chi connectivity index (χ4v) is 3.93. The van der Waals surface area contributed by atoms with E-state index in [1.807, 2.05) is 30.3 Å². The maximum atomic E-state index is 12.3. The third-order valence-corrected chi connectivity index (χ3v) is 10.7. The minimum Gasteiger partial charge on any atom is -0.467 e. The SMILES string of the molecule is COC(=O)[C@@H](NC(=O)OCc1ccccc1)[C@@H](C)O[C@@H]1C=CC(=O)[C@H](CO[Si](C)(C)C(C)(C)C)O1. The summed E-state index contributed by atoms with van der Waals surface area (Å²) in [6, 6.07) is 7.99. The Balaban J connectivity index is 1.96. The Labute approximate surface area is 208 Å². The van der Waals surface area contributed by atoms with Gasteiger partial charge in [-0.3, -0.25) is 4.79 Å². The molecular formula is C25H37NO8Si. The highest BCUT2D eigenvalue weighted by Crippen LogP contribution is 2.36. The summed E-state index contributed by atoms with van der Waals surface area (Å²) in [6.45, 7) is 12.3. The average molecular weight is 508 g/mol. The third-order valence-electron chi connectivity index (χ3n) is 6.19. The number of amides is 1. The van der Waals surface area contributed by atoms with E-state index in [0.29, 0.717) is 0 Å². The van der Waals surface area contributed by atoms with E-state index in [0.717, 1.165) is 5.56 Å². The van der Waals surface area contributed by atoms with Crippen LogP contribution in [0.1, 0.15) is 33.3 Å². The van der Waals surface area contributed by atoms with Gasteiger partial charge in [-0.1, -0.05) is 51.1 Å². The first-order chi connectivity index (χ1) is 16.3. The average Bonchev–Trinajstić information content (AvgIpc) is 2.80. The van der Waals surface area contributed by atoms with Gasteiger partial charge in [-0.05, 0) is 42.8 Å². The van der Waals surface area contributed by atoms with E-state index in [1.54, 1.807) is 6.92 Å². The van der Waals surface area contributed by atoms with E-state index in [1.165, 1.54) is 19.3 Å². The van der Waals surface area contributed by atoms with Crippen LogP contribution in [0.3, 0.4) is 0 Å². The van der Waals surface area contributed by atoms with Crippen molar-refractivity contribution in [2.45, 2.75) is 77.0 Å². The lowest BCUT2D eigenvalue weighted by atomic mass is 10.1. The zero-order valence-electron chi connectivity index (χ0n) is 21.5. The highest BCUT2D eigenvalue weighted by molar-refractivity contribution is 6.74. The highest BCUT2D eigenvalue weighted by Gasteiger charge is 2.39. The van der Waals surface area contributed by atoms with Crippen LogP contribution in [-0.2, 0) is 39.6 Å². The van der Waals surface area contributed by atoms with Crippen molar-refractivity contribution < 1.29 is 37.8 Å². The van der Waals surface area contributed by atoms with Gasteiger partial charge in [0, 0.05) is 0 Å². The van der Waals surface area contributed by atoms with E-state index in [9.17, 15) is 14.4 Å². The maximum absolute atomic E-state index is 12.3. The van der Waals surface area contributed by atoms with Gasteiger partial charge in [0.15, 0.2) is 26.4 Å². The summed E-state index contributed by atoms with van der Waals surface area (Å²) < 4.78 is 27.8. The summed E-state index contributed by atoms with van der Waals surface area (Å²) in [5.41, 5.74) is 0.804. The van der Waals surface area contributed by atoms with Crippen LogP contribution in [0.5, 0.6) is 0 Å². The fourth-order valence-electron chi connectivity index (χ4n) is 2.93. The van der Waals surface area contributed by atoms with Gasteiger partial charge in [-0.25, -0.2) is 9.59 Å². The third kappa shape index (κ3) is 8.57. The smallest absolute Gasteiger partial charge is 0.408 e. The lowest BCUT2D eigenvalue weighted by molar-refractivity contribution is -0.188. The van der Waals surface area contributed by atoms with Crippen LogP contribution in [0.15, 0.2) is 42.5 Å². The van der Waals surface area contributed by atoms with Gasteiger partial charge in [-0.2, -0.15) is 0 Å². The summed E-state index contributed by atoms with van der Waals surface area (Å²) in [6.07, 6.45) is -0.539. The van der Waals surface area contributed by atoms with Crippen LogP contribution in [0, 0.1) is 0 Å². The molecule has 0 saturated carbocycles. The van der Waals surface area contributed by atoms with E-state index < -0.39 is 44.9 Å². The Bertz CT molecular complexity index is 896. The zero-order chi connectivity index (χ0) is 26.2. The first-order valence-electron chi connectivity index (χ1n) is 11.6. The Morgan fingerprint density at radius 2 is 1.83 bits per heavy atom. The zero-order valence-corrected chi connectivity index (χ0v) is 22.5. The van der Waals surface area contributed by atoms with Crippen molar-refractivity contribution in [3.63, 3.8) is 0 Å². The minimum absolute atomic E-state index is 0.0144. The van der Waals surface area contributed by atoms with Crippen LogP contribution in [0.2, 0.25) is 18.1 Å². The van der Waals surface area contributed by atoms with Gasteiger partial charge in [0.05, 0.1) is 19.8 Å². The predicted octanol–water partition coefficient (Wildman–Crippen LogP) is 3.73. The lowest BCUT2D eigenvalue weighted by Crippen LogP contribution is -2.51. The number of methoxy groups -OCH3 is 1. The molecule has 2 rings (SSSR count). The molecule has 1 aliphatic heterocycles. The molecule has 4 atom stereocenters. The molecule has 194 valence electrons. The van der Waals surface area contributed by atoms with Gasteiger partial charge >= 0.3 is 12.1 Å². The second-order valence-electron chi connectivity index (χ2n) is 9.87. The molecule has 0 unspecified atom stereocenters. The minimum atomic E-state index is -2.08. The summed E-state index contributed by atoms with van der Waals surface area (Å²) in [4.78, 5) is 37.0. The molecule has 1 heterocycles. The van der Waals surface area contributed by atoms with Gasteiger partial charge in [0.2, 0.25) is 0 Å². The summed E-state index contributed by atoms with van der Waals surface area (Å²) in [7, 11) is -0.870. The van der Waals surface area contributed by atoms with Crippen LogP contribution in [0.4, 0.5) is 4.79 Å². The molecular weight excluding hydrogens is 470 g/mol. The van der Waals surface area contributed by atoms with E-state index >= 15 is 0 Å². The van der Waals surface area contributed by atoms with Crippen molar-refractivity contribution in [1.29, 1.82) is 0 Å². The number of ketones is 1. The molecule has 1 aromatic carbocycles. The Morgan fingerprint density at radius 3 is 2.43 bits per heavy atom. The first kappa shape index (κ1) is 28.7. The number of rotatable bonds is 10. The molecule has 0 radical (unpaired) electrons. The molecule has 0 aliphatic carbocycles. The summed E-state index contributed by atoms with van der Waals surface area (Å²) >= 11 is 0.